The molecule has 1 aromatic rings. The summed E-state index contributed by atoms with van der Waals surface area (Å²) in [6.45, 7) is 3.42. The van der Waals surface area contributed by atoms with Crippen molar-refractivity contribution < 1.29 is 13.2 Å². The van der Waals surface area contributed by atoms with E-state index in [2.05, 4.69) is 10.00 Å². The minimum atomic E-state index is -4.52. The Labute approximate surface area is 112 Å². The monoisotopic (exact) mass is 295 g/mol. The third-order valence-corrected chi connectivity index (χ3v) is 4.03. The second-order valence-electron chi connectivity index (χ2n) is 4.65. The van der Waals surface area contributed by atoms with Gasteiger partial charge in [-0.1, -0.05) is 0 Å². The van der Waals surface area contributed by atoms with Gasteiger partial charge in [0.2, 0.25) is 5.01 Å². The van der Waals surface area contributed by atoms with Gasteiger partial charge in [-0.2, -0.15) is 18.3 Å². The standard InChI is InChI=1S/C11H16F3N3OS/c12-11(13,14)9-15-17(10(18)19-9)8-4-3-7-16-5-1-2-6-16/h1-8H2. The summed E-state index contributed by atoms with van der Waals surface area (Å²) in [5.74, 6) is 0. The van der Waals surface area contributed by atoms with Crippen molar-refractivity contribution in [2.45, 2.75) is 38.4 Å². The number of rotatable bonds is 5. The van der Waals surface area contributed by atoms with E-state index < -0.39 is 16.1 Å². The van der Waals surface area contributed by atoms with Gasteiger partial charge >= 0.3 is 11.0 Å². The maximum atomic E-state index is 12.4. The first-order valence-corrected chi connectivity index (χ1v) is 7.16. The van der Waals surface area contributed by atoms with Crippen molar-refractivity contribution in [2.75, 3.05) is 19.6 Å². The molecule has 1 saturated heterocycles. The van der Waals surface area contributed by atoms with Crippen LogP contribution in [0.2, 0.25) is 0 Å². The van der Waals surface area contributed by atoms with Crippen LogP contribution in [-0.4, -0.2) is 34.3 Å². The second-order valence-corrected chi connectivity index (χ2v) is 5.59. The van der Waals surface area contributed by atoms with E-state index in [0.29, 0.717) is 6.42 Å². The molecule has 0 unspecified atom stereocenters. The van der Waals surface area contributed by atoms with Gasteiger partial charge in [-0.15, -0.1) is 0 Å². The van der Waals surface area contributed by atoms with Crippen LogP contribution in [0.5, 0.6) is 0 Å². The molecule has 1 aromatic heterocycles. The molecule has 1 fully saturated rings. The van der Waals surface area contributed by atoms with Crippen LogP contribution >= 0.6 is 11.3 Å². The average Bonchev–Trinajstić information content (AvgIpc) is 2.93. The molecule has 2 heterocycles. The molecule has 0 aromatic carbocycles. The van der Waals surface area contributed by atoms with E-state index in [4.69, 9.17) is 0 Å². The zero-order valence-corrected chi connectivity index (χ0v) is 11.3. The molecule has 1 aliphatic rings. The Balaban J connectivity index is 1.79. The Hall–Kier alpha value is -0.890. The van der Waals surface area contributed by atoms with Gasteiger partial charge in [-0.25, -0.2) is 4.68 Å². The Kier molecular flexibility index (Phi) is 4.62. The van der Waals surface area contributed by atoms with Crippen molar-refractivity contribution >= 4 is 11.3 Å². The van der Waals surface area contributed by atoms with E-state index >= 15 is 0 Å². The summed E-state index contributed by atoms with van der Waals surface area (Å²) in [5, 5.41) is 2.28. The lowest BCUT2D eigenvalue weighted by molar-refractivity contribution is -0.138. The average molecular weight is 295 g/mol. The number of halogens is 3. The number of nitrogens with zero attached hydrogens (tertiary/aromatic N) is 3. The fraction of sp³-hybridized carbons (Fsp3) is 0.818. The maximum absolute atomic E-state index is 12.4. The molecular formula is C11H16F3N3OS. The van der Waals surface area contributed by atoms with E-state index in [1.807, 2.05) is 0 Å². The maximum Gasteiger partial charge on any atom is 0.445 e. The highest BCUT2D eigenvalue weighted by atomic mass is 32.1. The summed E-state index contributed by atoms with van der Waals surface area (Å²) in [7, 11) is 0. The first-order valence-electron chi connectivity index (χ1n) is 6.34. The van der Waals surface area contributed by atoms with Gasteiger partial charge in [0.05, 0.1) is 0 Å². The summed E-state index contributed by atoms with van der Waals surface area (Å²) in [5.41, 5.74) is 0. The van der Waals surface area contributed by atoms with Gasteiger partial charge in [0, 0.05) is 6.54 Å². The lowest BCUT2D eigenvalue weighted by Gasteiger charge is -2.13. The number of likely N-dealkylation sites (tertiary alicyclic amines) is 1. The van der Waals surface area contributed by atoms with Crippen molar-refractivity contribution in [3.8, 4) is 0 Å². The van der Waals surface area contributed by atoms with Crippen molar-refractivity contribution in [3.63, 3.8) is 0 Å². The normalized spacial score (nSPS) is 17.2. The largest absolute Gasteiger partial charge is 0.445 e. The predicted octanol–water partition coefficient (Wildman–Crippen LogP) is 2.20. The number of aryl methyl sites for hydroxylation is 1. The van der Waals surface area contributed by atoms with Crippen molar-refractivity contribution in [3.05, 3.63) is 14.7 Å². The molecular weight excluding hydrogens is 279 g/mol. The van der Waals surface area contributed by atoms with E-state index in [0.717, 1.165) is 30.7 Å². The van der Waals surface area contributed by atoms with Gasteiger partial charge in [0.1, 0.15) is 0 Å². The number of hydrogen-bond acceptors (Lipinski definition) is 4. The van der Waals surface area contributed by atoms with Gasteiger partial charge in [0.15, 0.2) is 0 Å². The fourth-order valence-electron chi connectivity index (χ4n) is 2.17. The molecule has 1 aliphatic heterocycles. The van der Waals surface area contributed by atoms with Crippen LogP contribution in [0.3, 0.4) is 0 Å². The summed E-state index contributed by atoms with van der Waals surface area (Å²) in [6.07, 6.45) is -0.519. The highest BCUT2D eigenvalue weighted by molar-refractivity contribution is 7.09. The topological polar surface area (TPSA) is 38.1 Å². The number of hydrogen-bond donors (Lipinski definition) is 0. The number of alkyl halides is 3. The third-order valence-electron chi connectivity index (χ3n) is 3.14. The predicted molar refractivity (Wildman–Crippen MR) is 66.3 cm³/mol. The lowest BCUT2D eigenvalue weighted by Crippen LogP contribution is -2.21. The second kappa shape index (κ2) is 6.04. The SMILES string of the molecule is O=c1sc(C(F)(F)F)nn1CCCCN1CCCC1. The van der Waals surface area contributed by atoms with Gasteiger partial charge < -0.3 is 4.90 Å². The highest BCUT2D eigenvalue weighted by Crippen LogP contribution is 2.28. The molecule has 0 aliphatic carbocycles. The van der Waals surface area contributed by atoms with Crippen LogP contribution in [0.25, 0.3) is 0 Å². The smallest absolute Gasteiger partial charge is 0.303 e. The third kappa shape index (κ3) is 4.04. The van der Waals surface area contributed by atoms with Crippen LogP contribution in [-0.2, 0) is 12.7 Å². The molecule has 0 bridgehead atoms. The summed E-state index contributed by atoms with van der Waals surface area (Å²) < 4.78 is 38.0. The van der Waals surface area contributed by atoms with Crippen molar-refractivity contribution in [1.82, 2.24) is 14.7 Å². The molecule has 4 nitrogen and oxygen atoms in total. The minimum absolute atomic E-state index is 0.166. The molecule has 108 valence electrons. The summed E-state index contributed by atoms with van der Waals surface area (Å²) >= 11 is 0.166. The molecule has 0 spiro atoms. The van der Waals surface area contributed by atoms with Crippen LogP contribution in [0.1, 0.15) is 30.7 Å². The molecule has 0 saturated carbocycles. The first kappa shape index (κ1) is 14.5. The summed E-state index contributed by atoms with van der Waals surface area (Å²) in [4.78, 5) is 13.1. The molecule has 0 radical (unpaired) electrons. The van der Waals surface area contributed by atoms with Crippen LogP contribution < -0.4 is 4.87 Å². The molecule has 19 heavy (non-hydrogen) atoms. The molecule has 2 rings (SSSR count). The Morgan fingerprint density at radius 2 is 1.79 bits per heavy atom. The zero-order valence-electron chi connectivity index (χ0n) is 10.4. The van der Waals surface area contributed by atoms with Crippen LogP contribution in [0, 0.1) is 0 Å². The zero-order chi connectivity index (χ0) is 13.9. The Morgan fingerprint density at radius 1 is 1.16 bits per heavy atom. The van der Waals surface area contributed by atoms with E-state index in [1.165, 1.54) is 12.8 Å². The van der Waals surface area contributed by atoms with E-state index in [9.17, 15) is 18.0 Å². The minimum Gasteiger partial charge on any atom is -0.303 e. The Bertz CT molecular complexity index is 462. The molecule has 0 atom stereocenters. The van der Waals surface area contributed by atoms with Crippen LogP contribution in [0.15, 0.2) is 4.79 Å². The molecule has 0 N–H and O–H groups in total. The van der Waals surface area contributed by atoms with Crippen molar-refractivity contribution in [1.29, 1.82) is 0 Å². The number of unbranched alkanes of at least 4 members (excludes halogenated alkanes) is 1. The van der Waals surface area contributed by atoms with Crippen molar-refractivity contribution in [2.24, 2.45) is 0 Å². The quantitative estimate of drug-likeness (QED) is 0.782. The first-order chi connectivity index (χ1) is 8.97. The Morgan fingerprint density at radius 3 is 2.37 bits per heavy atom. The fourth-order valence-corrected chi connectivity index (χ4v) is 2.82. The molecule has 0 amide bonds. The van der Waals surface area contributed by atoms with E-state index in [-0.39, 0.29) is 17.9 Å². The van der Waals surface area contributed by atoms with Crippen LogP contribution in [0.4, 0.5) is 13.2 Å². The van der Waals surface area contributed by atoms with E-state index in [1.54, 1.807) is 0 Å². The summed E-state index contributed by atoms with van der Waals surface area (Å²) in [6, 6.07) is 0. The molecule has 8 heteroatoms. The number of aromatic nitrogens is 2. The van der Waals surface area contributed by atoms with Gasteiger partial charge in [-0.3, -0.25) is 4.79 Å². The van der Waals surface area contributed by atoms with Gasteiger partial charge in [0.25, 0.3) is 0 Å². The highest BCUT2D eigenvalue weighted by Gasteiger charge is 2.36. The lowest BCUT2D eigenvalue weighted by atomic mass is 10.3. The van der Waals surface area contributed by atoms with Gasteiger partial charge in [-0.05, 0) is 56.7 Å².